The second-order valence-electron chi connectivity index (χ2n) is 5.46. The average molecular weight is 403 g/mol. The van der Waals surface area contributed by atoms with Gasteiger partial charge >= 0.3 is 11.9 Å². The van der Waals surface area contributed by atoms with E-state index in [0.717, 1.165) is 15.6 Å². The Morgan fingerprint density at radius 1 is 1.04 bits per heavy atom. The maximum Gasteiger partial charge on any atom is 0.333 e. The molecular formula is C20H19BrO4. The topological polar surface area (TPSA) is 52.6 Å². The number of halogens is 1. The molecule has 0 saturated heterocycles. The van der Waals surface area contributed by atoms with Crippen molar-refractivity contribution >= 4 is 27.9 Å². The number of rotatable bonds is 6. The Morgan fingerprint density at radius 3 is 2.20 bits per heavy atom. The van der Waals surface area contributed by atoms with Crippen LogP contribution >= 0.6 is 15.9 Å². The van der Waals surface area contributed by atoms with E-state index in [1.54, 1.807) is 0 Å². The Hall–Kier alpha value is -2.40. The summed E-state index contributed by atoms with van der Waals surface area (Å²) in [6.45, 7) is 5.25. The van der Waals surface area contributed by atoms with Crippen molar-refractivity contribution in [2.45, 2.75) is 18.9 Å². The van der Waals surface area contributed by atoms with Gasteiger partial charge in [-0.3, -0.25) is 4.79 Å². The molecule has 0 fully saturated rings. The van der Waals surface area contributed by atoms with Crippen molar-refractivity contribution in [2.75, 3.05) is 7.11 Å². The van der Waals surface area contributed by atoms with Crippen LogP contribution in [0.4, 0.5) is 0 Å². The van der Waals surface area contributed by atoms with Crippen LogP contribution in [0.2, 0.25) is 0 Å². The normalized spacial score (nSPS) is 12.8. The molecule has 0 amide bonds. The van der Waals surface area contributed by atoms with Crippen LogP contribution in [0.15, 0.2) is 71.2 Å². The van der Waals surface area contributed by atoms with E-state index in [0.29, 0.717) is 0 Å². The molecule has 130 valence electrons. The van der Waals surface area contributed by atoms with Crippen LogP contribution in [0.1, 0.15) is 30.1 Å². The number of carbonyl (C=O) groups is 2. The summed E-state index contributed by atoms with van der Waals surface area (Å²) in [5, 5.41) is 0. The third kappa shape index (κ3) is 4.57. The molecule has 0 unspecified atom stereocenters. The van der Waals surface area contributed by atoms with Gasteiger partial charge in [0.2, 0.25) is 0 Å². The molecule has 0 aromatic heterocycles. The molecule has 0 N–H and O–H groups in total. The molecule has 25 heavy (non-hydrogen) atoms. The summed E-state index contributed by atoms with van der Waals surface area (Å²) in [5.41, 5.74) is 1.76. The van der Waals surface area contributed by atoms with Crippen molar-refractivity contribution in [3.05, 3.63) is 82.3 Å². The highest BCUT2D eigenvalue weighted by atomic mass is 79.9. The minimum atomic E-state index is -0.705. The number of methoxy groups -OCH3 is 1. The van der Waals surface area contributed by atoms with E-state index >= 15 is 0 Å². The van der Waals surface area contributed by atoms with E-state index < -0.39 is 24.0 Å². The largest absolute Gasteiger partial charge is 0.466 e. The minimum absolute atomic E-state index is 0.213. The highest BCUT2D eigenvalue weighted by Gasteiger charge is 2.34. The maximum atomic E-state index is 12.2. The fourth-order valence-corrected chi connectivity index (χ4v) is 3.20. The van der Waals surface area contributed by atoms with Gasteiger partial charge in [0.05, 0.1) is 13.0 Å². The highest BCUT2D eigenvalue weighted by molar-refractivity contribution is 9.10. The van der Waals surface area contributed by atoms with Gasteiger partial charge in [0.15, 0.2) is 0 Å². The van der Waals surface area contributed by atoms with E-state index in [9.17, 15) is 9.59 Å². The summed E-state index contributed by atoms with van der Waals surface area (Å²) in [7, 11) is 1.30. The summed E-state index contributed by atoms with van der Waals surface area (Å²) in [5.74, 6) is -1.58. The molecule has 0 aliphatic rings. The first-order valence-electron chi connectivity index (χ1n) is 7.69. The van der Waals surface area contributed by atoms with Gasteiger partial charge in [0, 0.05) is 17.0 Å². The Labute approximate surface area is 155 Å². The molecule has 2 aromatic carbocycles. The zero-order valence-electron chi connectivity index (χ0n) is 14.1. The summed E-state index contributed by atoms with van der Waals surface area (Å²) >= 11 is 3.51. The molecule has 2 aromatic rings. The first-order chi connectivity index (χ1) is 12.0. The van der Waals surface area contributed by atoms with Crippen molar-refractivity contribution in [1.29, 1.82) is 0 Å². The van der Waals surface area contributed by atoms with Crippen LogP contribution in [0, 0.1) is 0 Å². The Bertz CT molecular complexity index is 770. The van der Waals surface area contributed by atoms with Gasteiger partial charge in [-0.1, -0.05) is 71.0 Å². The van der Waals surface area contributed by atoms with E-state index in [1.165, 1.54) is 14.0 Å². The molecule has 0 aliphatic carbocycles. The number of esters is 2. The molecule has 4 nitrogen and oxygen atoms in total. The van der Waals surface area contributed by atoms with Gasteiger partial charge in [-0.15, -0.1) is 0 Å². The zero-order chi connectivity index (χ0) is 18.4. The van der Waals surface area contributed by atoms with Gasteiger partial charge in [0.1, 0.15) is 6.10 Å². The number of ether oxygens (including phenoxy) is 2. The first kappa shape index (κ1) is 18.9. The predicted octanol–water partition coefficient (Wildman–Crippen LogP) is 4.57. The van der Waals surface area contributed by atoms with Gasteiger partial charge in [0.25, 0.3) is 0 Å². The molecule has 0 spiro atoms. The Balaban J connectivity index is 2.61. The monoisotopic (exact) mass is 402 g/mol. The molecule has 0 radical (unpaired) electrons. The molecule has 0 aliphatic heterocycles. The SMILES string of the molecule is C=C(C(=O)OC)[C@H](c1ccccc1Br)[C@@H](OC(C)=O)c1ccccc1. The lowest BCUT2D eigenvalue weighted by Gasteiger charge is -2.29. The predicted molar refractivity (Wildman–Crippen MR) is 99.0 cm³/mol. The number of benzene rings is 2. The lowest BCUT2D eigenvalue weighted by Crippen LogP contribution is -2.23. The summed E-state index contributed by atoms with van der Waals surface area (Å²) in [6.07, 6.45) is -0.705. The first-order valence-corrected chi connectivity index (χ1v) is 8.48. The summed E-state index contributed by atoms with van der Waals surface area (Å²) < 4.78 is 11.2. The van der Waals surface area contributed by atoms with Crippen molar-refractivity contribution < 1.29 is 19.1 Å². The third-order valence-electron chi connectivity index (χ3n) is 3.79. The van der Waals surface area contributed by atoms with Gasteiger partial charge in [-0.2, -0.15) is 0 Å². The zero-order valence-corrected chi connectivity index (χ0v) is 15.7. The van der Waals surface area contributed by atoms with Crippen molar-refractivity contribution in [3.63, 3.8) is 0 Å². The average Bonchev–Trinajstić information content (AvgIpc) is 2.62. The number of carbonyl (C=O) groups excluding carboxylic acids is 2. The fourth-order valence-electron chi connectivity index (χ4n) is 2.67. The number of hydrogen-bond donors (Lipinski definition) is 0. The van der Waals surface area contributed by atoms with Crippen LogP contribution in [-0.4, -0.2) is 19.0 Å². The van der Waals surface area contributed by atoms with E-state index in [1.807, 2.05) is 54.6 Å². The van der Waals surface area contributed by atoms with Crippen LogP contribution in [0.5, 0.6) is 0 Å². The smallest absolute Gasteiger partial charge is 0.333 e. The minimum Gasteiger partial charge on any atom is -0.466 e. The highest BCUT2D eigenvalue weighted by Crippen LogP contribution is 2.42. The van der Waals surface area contributed by atoms with E-state index in [-0.39, 0.29) is 5.57 Å². The third-order valence-corrected chi connectivity index (χ3v) is 4.51. The van der Waals surface area contributed by atoms with Crippen LogP contribution < -0.4 is 0 Å². The van der Waals surface area contributed by atoms with Gasteiger partial charge in [-0.05, 0) is 17.2 Å². The lowest BCUT2D eigenvalue weighted by atomic mass is 9.83. The fraction of sp³-hybridized carbons (Fsp3) is 0.200. The van der Waals surface area contributed by atoms with E-state index in [4.69, 9.17) is 9.47 Å². The molecule has 2 rings (SSSR count). The second kappa shape index (κ2) is 8.62. The molecule has 5 heteroatoms. The summed E-state index contributed by atoms with van der Waals surface area (Å²) in [6, 6.07) is 16.7. The van der Waals surface area contributed by atoms with Crippen molar-refractivity contribution in [3.8, 4) is 0 Å². The van der Waals surface area contributed by atoms with Gasteiger partial charge < -0.3 is 9.47 Å². The van der Waals surface area contributed by atoms with Crippen molar-refractivity contribution in [1.82, 2.24) is 0 Å². The standard InChI is InChI=1S/C20H19BrO4/c1-13(20(23)24-3)18(16-11-7-8-12-17(16)21)19(25-14(2)22)15-9-5-4-6-10-15/h4-12,18-19H,1H2,2-3H3/t18-,19+/m1/s1. The summed E-state index contributed by atoms with van der Waals surface area (Å²) in [4.78, 5) is 23.9. The van der Waals surface area contributed by atoms with Crippen molar-refractivity contribution in [2.24, 2.45) is 0 Å². The molecule has 0 saturated carbocycles. The molecular weight excluding hydrogens is 384 g/mol. The van der Waals surface area contributed by atoms with Crippen LogP contribution in [-0.2, 0) is 19.1 Å². The van der Waals surface area contributed by atoms with Crippen LogP contribution in [0.3, 0.4) is 0 Å². The Morgan fingerprint density at radius 2 is 1.64 bits per heavy atom. The quantitative estimate of drug-likeness (QED) is 0.524. The lowest BCUT2D eigenvalue weighted by molar-refractivity contribution is -0.148. The maximum absolute atomic E-state index is 12.2. The Kier molecular flexibility index (Phi) is 6.53. The van der Waals surface area contributed by atoms with Gasteiger partial charge in [-0.25, -0.2) is 4.79 Å². The molecule has 2 atom stereocenters. The van der Waals surface area contributed by atoms with Crippen LogP contribution in [0.25, 0.3) is 0 Å². The number of hydrogen-bond acceptors (Lipinski definition) is 4. The second-order valence-corrected chi connectivity index (χ2v) is 6.31. The molecule has 0 heterocycles. The van der Waals surface area contributed by atoms with E-state index in [2.05, 4.69) is 22.5 Å². The molecule has 0 bridgehead atoms.